The van der Waals surface area contributed by atoms with Gasteiger partial charge in [0.05, 0.1) is 11.7 Å². The summed E-state index contributed by atoms with van der Waals surface area (Å²) in [5.74, 6) is 0. The van der Waals surface area contributed by atoms with E-state index in [1.807, 2.05) is 6.92 Å². The molecule has 0 aromatic carbocycles. The highest BCUT2D eigenvalue weighted by atomic mass is 15.3. The number of rotatable bonds is 3. The van der Waals surface area contributed by atoms with Crippen LogP contribution < -0.4 is 11.5 Å². The molecule has 0 fully saturated rings. The summed E-state index contributed by atoms with van der Waals surface area (Å²) in [6.07, 6.45) is 0.743. The molecule has 11 heavy (non-hydrogen) atoms. The molecular formula is C6H13N5. The Kier molecular flexibility index (Phi) is 2.56. The zero-order chi connectivity index (χ0) is 8.27. The molecule has 1 rings (SSSR count). The molecule has 5 nitrogen and oxygen atoms in total. The van der Waals surface area contributed by atoms with Crippen LogP contribution in [0.15, 0.2) is 0 Å². The first-order chi connectivity index (χ1) is 5.25. The van der Waals surface area contributed by atoms with E-state index < -0.39 is 0 Å². The van der Waals surface area contributed by atoms with Crippen molar-refractivity contribution >= 4 is 0 Å². The second-order valence-corrected chi connectivity index (χ2v) is 2.48. The molecule has 0 bridgehead atoms. The number of aromatic nitrogens is 3. The zero-order valence-corrected chi connectivity index (χ0v) is 6.54. The zero-order valence-electron chi connectivity index (χ0n) is 6.54. The van der Waals surface area contributed by atoms with E-state index in [9.17, 15) is 0 Å². The number of H-pyrrole nitrogens is 1. The van der Waals surface area contributed by atoms with Gasteiger partial charge in [0, 0.05) is 0 Å². The standard InChI is InChI=1S/C6H13N5/c1-4-6(10-11-9-4)5(8)2-3-7/h5H,2-3,7-8H2,1H3,(H,9,10,11). The minimum Gasteiger partial charge on any atom is -0.330 e. The van der Waals surface area contributed by atoms with E-state index in [1.165, 1.54) is 0 Å². The smallest absolute Gasteiger partial charge is 0.102 e. The lowest BCUT2D eigenvalue weighted by atomic mass is 10.1. The Morgan fingerprint density at radius 2 is 2.27 bits per heavy atom. The van der Waals surface area contributed by atoms with Crippen molar-refractivity contribution in [1.82, 2.24) is 15.4 Å². The van der Waals surface area contributed by atoms with Gasteiger partial charge in [0.15, 0.2) is 0 Å². The van der Waals surface area contributed by atoms with Crippen LogP contribution in [0.25, 0.3) is 0 Å². The van der Waals surface area contributed by atoms with Crippen molar-refractivity contribution in [3.63, 3.8) is 0 Å². The van der Waals surface area contributed by atoms with Gasteiger partial charge in [-0.25, -0.2) is 0 Å². The molecule has 1 unspecified atom stereocenters. The fraction of sp³-hybridized carbons (Fsp3) is 0.667. The minimum atomic E-state index is -0.0845. The second-order valence-electron chi connectivity index (χ2n) is 2.48. The average Bonchev–Trinajstić information content (AvgIpc) is 2.36. The second kappa shape index (κ2) is 3.45. The Balaban J connectivity index is 2.67. The van der Waals surface area contributed by atoms with E-state index in [-0.39, 0.29) is 6.04 Å². The molecule has 5 heteroatoms. The number of hydrogen-bond acceptors (Lipinski definition) is 4. The van der Waals surface area contributed by atoms with Gasteiger partial charge in [-0.1, -0.05) is 0 Å². The number of nitrogens with zero attached hydrogens (tertiary/aromatic N) is 2. The molecule has 5 N–H and O–H groups in total. The van der Waals surface area contributed by atoms with E-state index in [1.54, 1.807) is 0 Å². The van der Waals surface area contributed by atoms with Crippen LogP contribution >= 0.6 is 0 Å². The van der Waals surface area contributed by atoms with Crippen molar-refractivity contribution in [2.45, 2.75) is 19.4 Å². The highest BCUT2D eigenvalue weighted by molar-refractivity contribution is 5.10. The third-order valence-corrected chi connectivity index (χ3v) is 1.59. The lowest BCUT2D eigenvalue weighted by Gasteiger charge is -2.05. The molecule has 1 atom stereocenters. The topological polar surface area (TPSA) is 93.6 Å². The Labute approximate surface area is 65.2 Å². The van der Waals surface area contributed by atoms with E-state index in [4.69, 9.17) is 11.5 Å². The van der Waals surface area contributed by atoms with Crippen molar-refractivity contribution in [2.24, 2.45) is 11.5 Å². The van der Waals surface area contributed by atoms with Gasteiger partial charge in [0.25, 0.3) is 0 Å². The maximum atomic E-state index is 5.75. The normalized spacial score (nSPS) is 13.4. The molecule has 0 aliphatic carbocycles. The van der Waals surface area contributed by atoms with Crippen LogP contribution in [0.2, 0.25) is 0 Å². The van der Waals surface area contributed by atoms with Crippen LogP contribution in [0.3, 0.4) is 0 Å². The highest BCUT2D eigenvalue weighted by Crippen LogP contribution is 2.11. The summed E-state index contributed by atoms with van der Waals surface area (Å²) < 4.78 is 0. The monoisotopic (exact) mass is 155 g/mol. The van der Waals surface area contributed by atoms with Crippen LogP contribution in [0.5, 0.6) is 0 Å². The van der Waals surface area contributed by atoms with E-state index >= 15 is 0 Å². The molecule has 0 aliphatic rings. The van der Waals surface area contributed by atoms with Gasteiger partial charge in [0.2, 0.25) is 0 Å². The number of aromatic amines is 1. The van der Waals surface area contributed by atoms with Crippen LogP contribution in [-0.2, 0) is 0 Å². The predicted molar refractivity (Wildman–Crippen MR) is 41.7 cm³/mol. The van der Waals surface area contributed by atoms with Gasteiger partial charge >= 0.3 is 0 Å². The predicted octanol–water partition coefficient (Wildman–Crippen LogP) is -0.538. The van der Waals surface area contributed by atoms with Gasteiger partial charge in [-0.15, -0.1) is 0 Å². The first kappa shape index (κ1) is 8.16. The minimum absolute atomic E-state index is 0.0845. The summed E-state index contributed by atoms with van der Waals surface area (Å²) in [5, 5.41) is 10.3. The molecule has 0 radical (unpaired) electrons. The van der Waals surface area contributed by atoms with Gasteiger partial charge in [0.1, 0.15) is 5.69 Å². The fourth-order valence-corrected chi connectivity index (χ4v) is 0.960. The Morgan fingerprint density at radius 3 is 2.73 bits per heavy atom. The summed E-state index contributed by atoms with van der Waals surface area (Å²) in [6, 6.07) is -0.0845. The summed E-state index contributed by atoms with van der Waals surface area (Å²) in [7, 11) is 0. The summed E-state index contributed by atoms with van der Waals surface area (Å²) in [6.45, 7) is 2.45. The molecule has 1 heterocycles. The van der Waals surface area contributed by atoms with E-state index in [0.29, 0.717) is 6.54 Å². The lowest BCUT2D eigenvalue weighted by molar-refractivity contribution is 0.637. The third kappa shape index (κ3) is 1.75. The van der Waals surface area contributed by atoms with Gasteiger partial charge in [-0.05, 0) is 19.9 Å². The van der Waals surface area contributed by atoms with Crippen molar-refractivity contribution < 1.29 is 0 Å². The largest absolute Gasteiger partial charge is 0.330 e. The van der Waals surface area contributed by atoms with Gasteiger partial charge in [-0.3, -0.25) is 0 Å². The lowest BCUT2D eigenvalue weighted by Crippen LogP contribution is -2.16. The summed E-state index contributed by atoms with van der Waals surface area (Å²) in [5.41, 5.74) is 12.8. The first-order valence-corrected chi connectivity index (χ1v) is 3.58. The molecular weight excluding hydrogens is 142 g/mol. The Hall–Kier alpha value is -0.940. The number of hydrogen-bond donors (Lipinski definition) is 3. The van der Waals surface area contributed by atoms with Crippen LogP contribution in [0.1, 0.15) is 23.9 Å². The average molecular weight is 155 g/mol. The fourth-order valence-electron chi connectivity index (χ4n) is 0.960. The van der Waals surface area contributed by atoms with Crippen LogP contribution in [0.4, 0.5) is 0 Å². The maximum absolute atomic E-state index is 5.75. The molecule has 0 aliphatic heterocycles. The Bertz CT molecular complexity index is 219. The van der Waals surface area contributed by atoms with Crippen LogP contribution in [-0.4, -0.2) is 22.0 Å². The highest BCUT2D eigenvalue weighted by Gasteiger charge is 2.10. The number of nitrogens with two attached hydrogens (primary N) is 2. The van der Waals surface area contributed by atoms with Crippen molar-refractivity contribution in [3.8, 4) is 0 Å². The van der Waals surface area contributed by atoms with Crippen molar-refractivity contribution in [1.29, 1.82) is 0 Å². The molecule has 0 saturated carbocycles. The molecule has 62 valence electrons. The molecule has 1 aromatic heterocycles. The number of aryl methyl sites for hydroxylation is 1. The van der Waals surface area contributed by atoms with Gasteiger partial charge < -0.3 is 11.5 Å². The number of nitrogens with one attached hydrogen (secondary N) is 1. The van der Waals surface area contributed by atoms with E-state index in [0.717, 1.165) is 17.8 Å². The maximum Gasteiger partial charge on any atom is 0.102 e. The molecule has 0 spiro atoms. The summed E-state index contributed by atoms with van der Waals surface area (Å²) in [4.78, 5) is 0. The summed E-state index contributed by atoms with van der Waals surface area (Å²) >= 11 is 0. The first-order valence-electron chi connectivity index (χ1n) is 3.58. The SMILES string of the molecule is Cc1n[nH]nc1C(N)CCN. The van der Waals surface area contributed by atoms with Gasteiger partial charge in [-0.2, -0.15) is 15.4 Å². The quantitative estimate of drug-likeness (QED) is 0.546. The van der Waals surface area contributed by atoms with E-state index in [2.05, 4.69) is 15.4 Å². The third-order valence-electron chi connectivity index (χ3n) is 1.59. The van der Waals surface area contributed by atoms with Crippen molar-refractivity contribution in [3.05, 3.63) is 11.4 Å². The molecule has 1 aromatic rings. The molecule has 0 amide bonds. The van der Waals surface area contributed by atoms with Crippen molar-refractivity contribution in [2.75, 3.05) is 6.54 Å². The Morgan fingerprint density at radius 1 is 1.55 bits per heavy atom. The van der Waals surface area contributed by atoms with Crippen LogP contribution in [0, 0.1) is 6.92 Å². The molecule has 0 saturated heterocycles.